The van der Waals surface area contributed by atoms with Crippen molar-refractivity contribution in [2.75, 3.05) is 59.7 Å². The number of hydrogen-bond donors (Lipinski definition) is 2. The molecule has 0 heterocycles. The Hall–Kier alpha value is -2.68. The molecule has 32 heavy (non-hydrogen) atoms. The smallest absolute Gasteiger partial charge is 0.407 e. The second kappa shape index (κ2) is 16.9. The maximum absolute atomic E-state index is 11.6. The van der Waals surface area contributed by atoms with E-state index < -0.39 is 12.2 Å². The van der Waals surface area contributed by atoms with E-state index in [1.165, 1.54) is 0 Å². The normalized spacial score (nSPS) is 10.5. The first kappa shape index (κ1) is 27.4. The average Bonchev–Trinajstić information content (AvgIpc) is 2.78. The summed E-state index contributed by atoms with van der Waals surface area (Å²) in [6.45, 7) is 9.65. The van der Waals surface area contributed by atoms with Gasteiger partial charge in [-0.25, -0.2) is 9.59 Å². The van der Waals surface area contributed by atoms with Gasteiger partial charge in [-0.3, -0.25) is 4.90 Å². The number of hydrogen-bond acceptors (Lipinski definition) is 7. The van der Waals surface area contributed by atoms with Crippen molar-refractivity contribution in [3.8, 4) is 11.5 Å². The summed E-state index contributed by atoms with van der Waals surface area (Å²) in [6, 6.07) is 5.86. The lowest BCUT2D eigenvalue weighted by Crippen LogP contribution is -2.36. The topological polar surface area (TPSA) is 98.4 Å². The third kappa shape index (κ3) is 11.1. The highest BCUT2D eigenvalue weighted by molar-refractivity contribution is 5.67. The van der Waals surface area contributed by atoms with Gasteiger partial charge in [0.25, 0.3) is 0 Å². The van der Waals surface area contributed by atoms with Crippen LogP contribution in [0.5, 0.6) is 11.5 Å². The molecule has 0 fully saturated rings. The molecule has 0 aliphatic carbocycles. The van der Waals surface area contributed by atoms with Crippen LogP contribution in [0.2, 0.25) is 0 Å². The summed E-state index contributed by atoms with van der Waals surface area (Å²) in [5, 5.41) is 5.21. The van der Waals surface area contributed by atoms with Crippen LogP contribution >= 0.6 is 0 Å². The number of benzene rings is 1. The van der Waals surface area contributed by atoms with E-state index in [1.54, 1.807) is 7.11 Å². The van der Waals surface area contributed by atoms with E-state index >= 15 is 0 Å². The van der Waals surface area contributed by atoms with E-state index in [0.717, 1.165) is 24.2 Å². The van der Waals surface area contributed by atoms with Gasteiger partial charge in [-0.15, -0.1) is 0 Å². The third-order valence-electron chi connectivity index (χ3n) is 4.65. The van der Waals surface area contributed by atoms with Crippen LogP contribution < -0.4 is 20.1 Å². The van der Waals surface area contributed by atoms with E-state index in [2.05, 4.69) is 22.5 Å². The summed E-state index contributed by atoms with van der Waals surface area (Å²) in [6.07, 6.45) is 1.85. The Morgan fingerprint density at radius 1 is 0.906 bits per heavy atom. The Morgan fingerprint density at radius 3 is 2.06 bits per heavy atom. The Labute approximate surface area is 191 Å². The SMILES string of the molecule is CCCCOc1c(CCN(CCOC(=O)NCC)CCOC(=O)NCC)cccc1OC. The van der Waals surface area contributed by atoms with Crippen molar-refractivity contribution >= 4 is 12.2 Å². The number of unbranched alkanes of at least 4 members (excludes halogenated alkanes) is 1. The zero-order valence-corrected chi connectivity index (χ0v) is 19.9. The van der Waals surface area contributed by atoms with Gasteiger partial charge in [0, 0.05) is 32.7 Å². The molecular weight excluding hydrogens is 414 g/mol. The molecule has 9 heteroatoms. The molecule has 0 aromatic heterocycles. The molecule has 182 valence electrons. The van der Waals surface area contributed by atoms with Gasteiger partial charge in [0.05, 0.1) is 13.7 Å². The number of nitrogens with one attached hydrogen (secondary N) is 2. The maximum Gasteiger partial charge on any atom is 0.407 e. The first-order valence-corrected chi connectivity index (χ1v) is 11.4. The highest BCUT2D eigenvalue weighted by Gasteiger charge is 2.14. The fourth-order valence-electron chi connectivity index (χ4n) is 2.94. The summed E-state index contributed by atoms with van der Waals surface area (Å²) in [5.41, 5.74) is 1.04. The Morgan fingerprint density at radius 2 is 1.53 bits per heavy atom. The number of rotatable bonds is 16. The fraction of sp³-hybridized carbons (Fsp3) is 0.652. The van der Waals surface area contributed by atoms with Gasteiger partial charge in [-0.2, -0.15) is 0 Å². The lowest BCUT2D eigenvalue weighted by molar-refractivity contribution is 0.107. The van der Waals surface area contributed by atoms with Crippen LogP contribution in [0.4, 0.5) is 9.59 Å². The number of amides is 2. The first-order valence-electron chi connectivity index (χ1n) is 11.4. The molecule has 2 amide bonds. The molecule has 0 bridgehead atoms. The molecule has 0 aliphatic rings. The standard InChI is InChI=1S/C23H39N3O6/c1-5-8-16-30-21-19(10-9-11-20(21)29-4)12-13-26(14-17-31-22(27)24-6-2)15-18-32-23(28)25-7-3/h9-11H,5-8,12-18H2,1-4H3,(H,24,27)(H,25,28). The quantitative estimate of drug-likeness (QED) is 0.371. The van der Waals surface area contributed by atoms with Gasteiger partial charge < -0.3 is 29.6 Å². The van der Waals surface area contributed by atoms with Crippen molar-refractivity contribution in [1.82, 2.24) is 15.5 Å². The second-order valence-corrected chi connectivity index (χ2v) is 7.07. The van der Waals surface area contributed by atoms with Crippen molar-refractivity contribution in [3.05, 3.63) is 23.8 Å². The zero-order valence-electron chi connectivity index (χ0n) is 19.9. The van der Waals surface area contributed by atoms with Crippen molar-refractivity contribution in [1.29, 1.82) is 0 Å². The number of alkyl carbamates (subject to hydrolysis) is 2. The van der Waals surface area contributed by atoms with Gasteiger partial charge in [0.2, 0.25) is 0 Å². The number of ether oxygens (including phenoxy) is 4. The molecule has 1 aromatic carbocycles. The number of carbonyl (C=O) groups is 2. The van der Waals surface area contributed by atoms with E-state index in [4.69, 9.17) is 18.9 Å². The van der Waals surface area contributed by atoms with E-state index in [-0.39, 0.29) is 13.2 Å². The predicted octanol–water partition coefficient (Wildman–Crippen LogP) is 3.21. The summed E-state index contributed by atoms with van der Waals surface area (Å²) in [7, 11) is 1.63. The van der Waals surface area contributed by atoms with Crippen LogP contribution in [0, 0.1) is 0 Å². The second-order valence-electron chi connectivity index (χ2n) is 7.07. The molecule has 0 unspecified atom stereocenters. The van der Waals surface area contributed by atoms with Gasteiger partial charge in [0.15, 0.2) is 11.5 Å². The molecule has 1 rings (SSSR count). The fourth-order valence-corrected chi connectivity index (χ4v) is 2.94. The van der Waals surface area contributed by atoms with Gasteiger partial charge in [-0.05, 0) is 38.3 Å². The van der Waals surface area contributed by atoms with Crippen molar-refractivity contribution in [2.24, 2.45) is 0 Å². The predicted molar refractivity (Wildman–Crippen MR) is 124 cm³/mol. The van der Waals surface area contributed by atoms with Gasteiger partial charge in [0.1, 0.15) is 13.2 Å². The van der Waals surface area contributed by atoms with Gasteiger partial charge in [-0.1, -0.05) is 25.5 Å². The monoisotopic (exact) mass is 453 g/mol. The molecule has 0 aliphatic heterocycles. The Kier molecular flexibility index (Phi) is 14.5. The average molecular weight is 454 g/mol. The largest absolute Gasteiger partial charge is 0.493 e. The van der Waals surface area contributed by atoms with Crippen LogP contribution in [-0.2, 0) is 15.9 Å². The molecule has 0 atom stereocenters. The minimum absolute atomic E-state index is 0.241. The minimum Gasteiger partial charge on any atom is -0.493 e. The van der Waals surface area contributed by atoms with Crippen LogP contribution in [0.3, 0.4) is 0 Å². The molecule has 2 N–H and O–H groups in total. The molecule has 0 saturated carbocycles. The highest BCUT2D eigenvalue weighted by atomic mass is 16.6. The summed E-state index contributed by atoms with van der Waals surface area (Å²) in [5.74, 6) is 1.48. The summed E-state index contributed by atoms with van der Waals surface area (Å²) < 4.78 is 21.9. The Bertz CT molecular complexity index is 647. The van der Waals surface area contributed by atoms with E-state index in [0.29, 0.717) is 51.5 Å². The summed E-state index contributed by atoms with van der Waals surface area (Å²) >= 11 is 0. The first-order chi connectivity index (χ1) is 15.5. The van der Waals surface area contributed by atoms with E-state index in [1.807, 2.05) is 32.0 Å². The lowest BCUT2D eigenvalue weighted by Gasteiger charge is -2.23. The van der Waals surface area contributed by atoms with Gasteiger partial charge >= 0.3 is 12.2 Å². The van der Waals surface area contributed by atoms with Crippen LogP contribution in [0.15, 0.2) is 18.2 Å². The molecule has 0 radical (unpaired) electrons. The number of carbonyl (C=O) groups excluding carboxylic acids is 2. The number of methoxy groups -OCH3 is 1. The van der Waals surface area contributed by atoms with Crippen LogP contribution in [0.25, 0.3) is 0 Å². The summed E-state index contributed by atoms with van der Waals surface area (Å²) in [4.78, 5) is 25.2. The molecule has 9 nitrogen and oxygen atoms in total. The van der Waals surface area contributed by atoms with Crippen molar-refractivity contribution in [3.63, 3.8) is 0 Å². The third-order valence-corrected chi connectivity index (χ3v) is 4.65. The lowest BCUT2D eigenvalue weighted by atomic mass is 10.1. The molecular formula is C23H39N3O6. The molecule has 0 spiro atoms. The van der Waals surface area contributed by atoms with Crippen molar-refractivity contribution < 1.29 is 28.5 Å². The highest BCUT2D eigenvalue weighted by Crippen LogP contribution is 2.31. The van der Waals surface area contributed by atoms with E-state index in [9.17, 15) is 9.59 Å². The van der Waals surface area contributed by atoms with Crippen molar-refractivity contribution in [2.45, 2.75) is 40.0 Å². The number of para-hydroxylation sites is 1. The maximum atomic E-state index is 11.6. The molecule has 1 aromatic rings. The number of nitrogens with zero attached hydrogens (tertiary/aromatic N) is 1. The zero-order chi connectivity index (χ0) is 23.6. The van der Waals surface area contributed by atoms with Crippen LogP contribution in [-0.4, -0.2) is 76.7 Å². The van der Waals surface area contributed by atoms with Crippen LogP contribution in [0.1, 0.15) is 39.2 Å². The Balaban J connectivity index is 2.73. The minimum atomic E-state index is -0.439. The molecule has 0 saturated heterocycles.